The van der Waals surface area contributed by atoms with E-state index in [-0.39, 0.29) is 5.69 Å². The largest absolute Gasteiger partial charge is 0.293 e. The average molecular weight is 166 g/mol. The number of hydroxylamine groups is 1. The molecule has 0 unspecified atom stereocenters. The predicted molar refractivity (Wildman–Crippen MR) is 42.9 cm³/mol. The maximum absolute atomic E-state index is 10.8. The van der Waals surface area contributed by atoms with Crippen LogP contribution in [0.5, 0.6) is 0 Å². The van der Waals surface area contributed by atoms with Gasteiger partial charge in [-0.1, -0.05) is 13.0 Å². The zero-order chi connectivity index (χ0) is 8.97. The summed E-state index contributed by atoms with van der Waals surface area (Å²) in [6.45, 7) is 2.00. The molecular weight excluding hydrogens is 156 g/mol. The van der Waals surface area contributed by atoms with E-state index in [0.29, 0.717) is 0 Å². The number of carbonyl (C=O) groups is 1. The van der Waals surface area contributed by atoms with Gasteiger partial charge in [0.2, 0.25) is 0 Å². The van der Waals surface area contributed by atoms with Gasteiger partial charge in [-0.2, -0.15) is 0 Å². The number of pyridine rings is 1. The minimum atomic E-state index is -0.586. The maximum atomic E-state index is 10.8. The predicted octanol–water partition coefficient (Wildman–Crippen LogP) is 0.763. The SMILES string of the molecule is CCc1ccc(C(=O)NO)nc1. The highest BCUT2D eigenvalue weighted by Crippen LogP contribution is 2.00. The van der Waals surface area contributed by atoms with E-state index in [9.17, 15) is 4.79 Å². The summed E-state index contributed by atoms with van der Waals surface area (Å²) >= 11 is 0. The van der Waals surface area contributed by atoms with Crippen LogP contribution in [0.4, 0.5) is 0 Å². The first-order chi connectivity index (χ1) is 5.77. The lowest BCUT2D eigenvalue weighted by Crippen LogP contribution is -2.19. The molecule has 1 amide bonds. The van der Waals surface area contributed by atoms with Crippen LogP contribution in [0.2, 0.25) is 0 Å². The van der Waals surface area contributed by atoms with Gasteiger partial charge in [-0.15, -0.1) is 0 Å². The summed E-state index contributed by atoms with van der Waals surface area (Å²) in [5.41, 5.74) is 2.79. The fraction of sp³-hybridized carbons (Fsp3) is 0.250. The van der Waals surface area contributed by atoms with Crippen LogP contribution in [0.3, 0.4) is 0 Å². The molecular formula is C8H10N2O2. The number of hydrogen-bond acceptors (Lipinski definition) is 3. The summed E-state index contributed by atoms with van der Waals surface area (Å²) in [6, 6.07) is 3.38. The second-order valence-electron chi connectivity index (χ2n) is 2.35. The lowest BCUT2D eigenvalue weighted by atomic mass is 10.2. The van der Waals surface area contributed by atoms with Crippen molar-refractivity contribution in [1.82, 2.24) is 10.5 Å². The van der Waals surface area contributed by atoms with Crippen molar-refractivity contribution in [2.24, 2.45) is 0 Å². The monoisotopic (exact) mass is 166 g/mol. The molecule has 1 aromatic rings. The molecule has 0 saturated heterocycles. The second-order valence-corrected chi connectivity index (χ2v) is 2.35. The second kappa shape index (κ2) is 3.82. The Morgan fingerprint density at radius 3 is 2.83 bits per heavy atom. The van der Waals surface area contributed by atoms with Gasteiger partial charge in [-0.3, -0.25) is 15.0 Å². The standard InChI is InChI=1S/C8H10N2O2/c1-2-6-3-4-7(9-5-6)8(11)10-12/h3-5,12H,2H2,1H3,(H,10,11). The number of nitrogens with zero attached hydrogens (tertiary/aromatic N) is 1. The van der Waals surface area contributed by atoms with E-state index in [2.05, 4.69) is 4.98 Å². The van der Waals surface area contributed by atoms with Gasteiger partial charge in [-0.05, 0) is 18.1 Å². The Morgan fingerprint density at radius 2 is 2.42 bits per heavy atom. The third kappa shape index (κ3) is 1.79. The molecule has 1 heterocycles. The molecule has 4 heteroatoms. The number of aryl methyl sites for hydroxylation is 1. The van der Waals surface area contributed by atoms with Crippen LogP contribution in [0.1, 0.15) is 23.0 Å². The summed E-state index contributed by atoms with van der Waals surface area (Å²) in [6.07, 6.45) is 2.50. The first-order valence-corrected chi connectivity index (χ1v) is 3.67. The summed E-state index contributed by atoms with van der Waals surface area (Å²) in [5.74, 6) is -0.586. The Kier molecular flexibility index (Phi) is 2.76. The van der Waals surface area contributed by atoms with E-state index < -0.39 is 5.91 Å². The summed E-state index contributed by atoms with van der Waals surface area (Å²) in [7, 11) is 0. The topological polar surface area (TPSA) is 62.2 Å². The van der Waals surface area contributed by atoms with Gasteiger partial charge < -0.3 is 0 Å². The van der Waals surface area contributed by atoms with Gasteiger partial charge in [0.15, 0.2) is 0 Å². The van der Waals surface area contributed by atoms with Crippen LogP contribution >= 0.6 is 0 Å². The summed E-state index contributed by atoms with van der Waals surface area (Å²) < 4.78 is 0. The Morgan fingerprint density at radius 1 is 1.67 bits per heavy atom. The third-order valence-electron chi connectivity index (χ3n) is 1.57. The van der Waals surface area contributed by atoms with Crippen molar-refractivity contribution >= 4 is 5.91 Å². The highest BCUT2D eigenvalue weighted by Gasteiger charge is 2.03. The number of nitrogens with one attached hydrogen (secondary N) is 1. The summed E-state index contributed by atoms with van der Waals surface area (Å²) in [5, 5.41) is 8.28. The van der Waals surface area contributed by atoms with E-state index in [1.807, 2.05) is 6.92 Å². The molecule has 0 fully saturated rings. The van der Waals surface area contributed by atoms with E-state index >= 15 is 0 Å². The van der Waals surface area contributed by atoms with E-state index in [0.717, 1.165) is 12.0 Å². The lowest BCUT2D eigenvalue weighted by Gasteiger charge is -1.98. The molecule has 1 aromatic heterocycles. The average Bonchev–Trinajstić information content (AvgIpc) is 2.17. The fourth-order valence-electron chi connectivity index (χ4n) is 0.825. The lowest BCUT2D eigenvalue weighted by molar-refractivity contribution is 0.0700. The molecule has 0 aliphatic rings. The van der Waals surface area contributed by atoms with Crippen molar-refractivity contribution in [3.63, 3.8) is 0 Å². The Balaban J connectivity index is 2.84. The minimum absolute atomic E-state index is 0.217. The van der Waals surface area contributed by atoms with E-state index in [4.69, 9.17) is 5.21 Å². The molecule has 0 saturated carbocycles. The van der Waals surface area contributed by atoms with Gasteiger partial charge >= 0.3 is 0 Å². The van der Waals surface area contributed by atoms with Gasteiger partial charge in [0, 0.05) is 6.20 Å². The summed E-state index contributed by atoms with van der Waals surface area (Å²) in [4.78, 5) is 14.6. The number of aromatic nitrogens is 1. The first kappa shape index (κ1) is 8.67. The third-order valence-corrected chi connectivity index (χ3v) is 1.57. The van der Waals surface area contributed by atoms with Gasteiger partial charge in [0.25, 0.3) is 5.91 Å². The quantitative estimate of drug-likeness (QED) is 0.503. The van der Waals surface area contributed by atoms with Crippen molar-refractivity contribution < 1.29 is 10.0 Å². The highest BCUT2D eigenvalue weighted by molar-refractivity contribution is 5.91. The normalized spacial score (nSPS) is 9.50. The molecule has 12 heavy (non-hydrogen) atoms. The molecule has 4 nitrogen and oxygen atoms in total. The van der Waals surface area contributed by atoms with Crippen LogP contribution in [0.15, 0.2) is 18.3 Å². The van der Waals surface area contributed by atoms with Crippen molar-refractivity contribution in [3.05, 3.63) is 29.6 Å². The highest BCUT2D eigenvalue weighted by atomic mass is 16.5. The zero-order valence-corrected chi connectivity index (χ0v) is 6.74. The van der Waals surface area contributed by atoms with Gasteiger partial charge in [0.1, 0.15) is 5.69 Å². The van der Waals surface area contributed by atoms with Crippen LogP contribution in [0, 0.1) is 0 Å². The van der Waals surface area contributed by atoms with Gasteiger partial charge in [-0.25, -0.2) is 5.48 Å². The first-order valence-electron chi connectivity index (χ1n) is 3.67. The van der Waals surface area contributed by atoms with Crippen LogP contribution < -0.4 is 5.48 Å². The molecule has 0 bridgehead atoms. The van der Waals surface area contributed by atoms with Crippen LogP contribution in [0.25, 0.3) is 0 Å². The number of amides is 1. The van der Waals surface area contributed by atoms with E-state index in [1.165, 1.54) is 5.48 Å². The molecule has 0 radical (unpaired) electrons. The number of rotatable bonds is 2. The minimum Gasteiger partial charge on any atom is -0.288 e. The van der Waals surface area contributed by atoms with Crippen LogP contribution in [-0.4, -0.2) is 16.1 Å². The van der Waals surface area contributed by atoms with Crippen molar-refractivity contribution in [3.8, 4) is 0 Å². The fourth-order valence-corrected chi connectivity index (χ4v) is 0.825. The number of hydrogen-bond donors (Lipinski definition) is 2. The molecule has 64 valence electrons. The Labute approximate surface area is 70.2 Å². The van der Waals surface area contributed by atoms with Crippen LogP contribution in [-0.2, 0) is 6.42 Å². The maximum Gasteiger partial charge on any atom is 0.293 e. The van der Waals surface area contributed by atoms with Gasteiger partial charge in [0.05, 0.1) is 0 Å². The molecule has 0 atom stereocenters. The molecule has 0 aliphatic heterocycles. The van der Waals surface area contributed by atoms with Crippen molar-refractivity contribution in [2.75, 3.05) is 0 Å². The Hall–Kier alpha value is -1.42. The molecule has 0 aliphatic carbocycles. The zero-order valence-electron chi connectivity index (χ0n) is 6.74. The van der Waals surface area contributed by atoms with E-state index in [1.54, 1.807) is 18.3 Å². The smallest absolute Gasteiger partial charge is 0.288 e. The molecule has 0 aromatic carbocycles. The molecule has 0 spiro atoms. The molecule has 1 rings (SSSR count). The van der Waals surface area contributed by atoms with Crippen molar-refractivity contribution in [2.45, 2.75) is 13.3 Å². The number of carbonyl (C=O) groups excluding carboxylic acids is 1. The molecule has 2 N–H and O–H groups in total. The Bertz CT molecular complexity index is 269. The van der Waals surface area contributed by atoms with Crippen molar-refractivity contribution in [1.29, 1.82) is 0 Å².